The Hall–Kier alpha value is -3.36. The highest BCUT2D eigenvalue weighted by atomic mass is 35.5. The molecule has 0 unspecified atom stereocenters. The van der Waals surface area contributed by atoms with Gasteiger partial charge in [0.1, 0.15) is 6.61 Å². The lowest BCUT2D eigenvalue weighted by Gasteiger charge is -2.37. The van der Waals surface area contributed by atoms with Gasteiger partial charge < -0.3 is 24.8 Å². The fourth-order valence-corrected chi connectivity index (χ4v) is 3.83. The van der Waals surface area contributed by atoms with Crippen molar-refractivity contribution in [1.29, 1.82) is 0 Å². The van der Waals surface area contributed by atoms with Crippen LogP contribution in [0.4, 0.5) is 21.6 Å². The number of aromatic nitrogens is 1. The molecule has 3 aromatic rings. The minimum Gasteiger partial charge on any atom is -0.490 e. The highest BCUT2D eigenvalue weighted by Crippen LogP contribution is 2.42. The zero-order valence-corrected chi connectivity index (χ0v) is 19.6. The van der Waals surface area contributed by atoms with E-state index in [1.165, 1.54) is 12.1 Å². The number of aliphatic hydroxyl groups excluding tert-OH is 1. The normalized spacial score (nSPS) is 15.0. The average Bonchev–Trinajstić information content (AvgIpc) is 2.82. The van der Waals surface area contributed by atoms with Gasteiger partial charge in [-0.2, -0.15) is 0 Å². The van der Waals surface area contributed by atoms with Gasteiger partial charge >= 0.3 is 0 Å². The molecule has 0 spiro atoms. The van der Waals surface area contributed by atoms with Crippen molar-refractivity contribution in [2.24, 2.45) is 5.92 Å². The van der Waals surface area contributed by atoms with Gasteiger partial charge in [0.15, 0.2) is 23.1 Å². The van der Waals surface area contributed by atoms with E-state index in [1.54, 1.807) is 47.5 Å². The van der Waals surface area contributed by atoms with E-state index < -0.39 is 17.8 Å². The molecule has 1 aromatic heterocycles. The number of aliphatic hydroxyl groups is 1. The quantitative estimate of drug-likeness (QED) is 0.487. The average molecular weight is 486 g/mol. The van der Waals surface area contributed by atoms with Crippen LogP contribution in [0.15, 0.2) is 54.7 Å². The number of ether oxygens (including phenoxy) is 2. The summed E-state index contributed by atoms with van der Waals surface area (Å²) in [7, 11) is 0. The molecule has 1 atom stereocenters. The number of para-hydroxylation sites is 1. The molecular weight excluding hydrogens is 461 g/mol. The summed E-state index contributed by atoms with van der Waals surface area (Å²) in [5, 5.41) is 13.0. The van der Waals surface area contributed by atoms with Gasteiger partial charge in [0.2, 0.25) is 0 Å². The van der Waals surface area contributed by atoms with E-state index in [9.17, 15) is 14.3 Å². The van der Waals surface area contributed by atoms with Gasteiger partial charge in [0.25, 0.3) is 5.91 Å². The first kappa shape index (κ1) is 23.8. The maximum absolute atomic E-state index is 14.4. The molecule has 0 radical (unpaired) electrons. The number of amides is 1. The van der Waals surface area contributed by atoms with Gasteiger partial charge in [-0.05, 0) is 42.3 Å². The maximum atomic E-state index is 14.4. The maximum Gasteiger partial charge on any atom is 0.259 e. The van der Waals surface area contributed by atoms with Crippen LogP contribution < -0.4 is 19.7 Å². The smallest absolute Gasteiger partial charge is 0.259 e. The van der Waals surface area contributed by atoms with Crippen LogP contribution in [-0.4, -0.2) is 41.9 Å². The lowest BCUT2D eigenvalue weighted by molar-refractivity contribution is 0.102. The molecule has 0 saturated carbocycles. The van der Waals surface area contributed by atoms with Crippen LogP contribution in [0.1, 0.15) is 24.2 Å². The first-order chi connectivity index (χ1) is 16.4. The molecule has 2 aromatic carbocycles. The first-order valence-electron chi connectivity index (χ1n) is 10.9. The summed E-state index contributed by atoms with van der Waals surface area (Å²) < 4.78 is 25.8. The van der Waals surface area contributed by atoms with Crippen molar-refractivity contribution in [3.63, 3.8) is 0 Å². The van der Waals surface area contributed by atoms with Crippen LogP contribution in [0.5, 0.6) is 11.5 Å². The lowest BCUT2D eigenvalue weighted by Crippen LogP contribution is -2.43. The second-order valence-corrected chi connectivity index (χ2v) is 8.69. The number of carbonyl (C=O) groups is 1. The van der Waals surface area contributed by atoms with Crippen molar-refractivity contribution in [2.75, 3.05) is 30.0 Å². The van der Waals surface area contributed by atoms with Crippen molar-refractivity contribution in [3.05, 3.63) is 71.1 Å². The second-order valence-electron chi connectivity index (χ2n) is 8.28. The number of benzene rings is 2. The molecule has 1 aliphatic rings. The molecule has 1 aliphatic heterocycles. The van der Waals surface area contributed by atoms with E-state index in [0.717, 1.165) is 0 Å². The minimum atomic E-state index is -0.563. The third-order valence-electron chi connectivity index (χ3n) is 5.22. The number of anilines is 3. The van der Waals surface area contributed by atoms with Crippen molar-refractivity contribution in [2.45, 2.75) is 19.9 Å². The Morgan fingerprint density at radius 3 is 2.85 bits per heavy atom. The van der Waals surface area contributed by atoms with Gasteiger partial charge in [-0.3, -0.25) is 4.79 Å². The Balaban J connectivity index is 1.62. The summed E-state index contributed by atoms with van der Waals surface area (Å²) in [4.78, 5) is 19.2. The number of hydrogen-bond acceptors (Lipinski definition) is 6. The van der Waals surface area contributed by atoms with E-state index >= 15 is 0 Å². The number of carbonyl (C=O) groups excluding carboxylic acids is 1. The molecule has 2 heterocycles. The third-order valence-corrected chi connectivity index (χ3v) is 5.52. The predicted molar refractivity (Wildman–Crippen MR) is 129 cm³/mol. The third kappa shape index (κ3) is 4.93. The van der Waals surface area contributed by atoms with E-state index in [-0.39, 0.29) is 36.1 Å². The minimum absolute atomic E-state index is 0.122. The standard InChI is InChI=1S/C25H25ClFN3O4/c1-15(2)13-33-22-9-8-16(11-20(22)27)29-25(32)18-5-3-7-21-23(18)34-14-17(12-31)30(21)24-19(26)6-4-10-28-24/h3-11,15,17,31H,12-14H2,1-2H3,(H,29,32)/t17-/m0/s1. The Bertz CT molecular complexity index is 1190. The molecule has 0 aliphatic carbocycles. The van der Waals surface area contributed by atoms with Crippen LogP contribution in [-0.2, 0) is 0 Å². The summed E-state index contributed by atoms with van der Waals surface area (Å²) in [6.07, 6.45) is 1.60. The van der Waals surface area contributed by atoms with Crippen LogP contribution >= 0.6 is 11.6 Å². The highest BCUT2D eigenvalue weighted by Gasteiger charge is 2.33. The van der Waals surface area contributed by atoms with Gasteiger partial charge in [-0.25, -0.2) is 9.37 Å². The first-order valence-corrected chi connectivity index (χ1v) is 11.3. The highest BCUT2D eigenvalue weighted by molar-refractivity contribution is 6.33. The van der Waals surface area contributed by atoms with Crippen LogP contribution in [0.2, 0.25) is 5.02 Å². The Morgan fingerprint density at radius 1 is 1.32 bits per heavy atom. The number of nitrogens with zero attached hydrogens (tertiary/aromatic N) is 2. The largest absolute Gasteiger partial charge is 0.490 e. The van der Waals surface area contributed by atoms with Crippen LogP contribution in [0.25, 0.3) is 0 Å². The van der Waals surface area contributed by atoms with Crippen molar-refractivity contribution >= 4 is 34.7 Å². The SMILES string of the molecule is CC(C)COc1ccc(NC(=O)c2cccc3c2OC[C@H](CO)N3c2ncccc2Cl)cc1F. The predicted octanol–water partition coefficient (Wildman–Crippen LogP) is 5.05. The van der Waals surface area contributed by atoms with Crippen molar-refractivity contribution < 1.29 is 23.8 Å². The van der Waals surface area contributed by atoms with Crippen molar-refractivity contribution in [3.8, 4) is 11.5 Å². The summed E-state index contributed by atoms with van der Waals surface area (Å²) >= 11 is 6.37. The fraction of sp³-hybridized carbons (Fsp3) is 0.280. The summed E-state index contributed by atoms with van der Waals surface area (Å²) in [5.41, 5.74) is 1.08. The molecule has 9 heteroatoms. The molecular formula is C25H25ClFN3O4. The number of halogens is 2. The number of rotatable bonds is 7. The van der Waals surface area contributed by atoms with Crippen LogP contribution in [0.3, 0.4) is 0 Å². The molecule has 34 heavy (non-hydrogen) atoms. The zero-order valence-electron chi connectivity index (χ0n) is 18.8. The van der Waals surface area contributed by atoms with Crippen molar-refractivity contribution in [1.82, 2.24) is 4.98 Å². The number of hydrogen-bond donors (Lipinski definition) is 2. The van der Waals surface area contributed by atoms with Gasteiger partial charge in [-0.15, -0.1) is 0 Å². The Kier molecular flexibility index (Phi) is 7.19. The van der Waals surface area contributed by atoms with E-state index in [4.69, 9.17) is 21.1 Å². The second kappa shape index (κ2) is 10.3. The van der Waals surface area contributed by atoms with Gasteiger partial charge in [0.05, 0.1) is 35.5 Å². The molecule has 7 nitrogen and oxygen atoms in total. The Labute approximate surface area is 202 Å². The number of nitrogens with one attached hydrogen (secondary N) is 1. The van der Waals surface area contributed by atoms with E-state index in [2.05, 4.69) is 10.3 Å². The zero-order chi connectivity index (χ0) is 24.2. The van der Waals surface area contributed by atoms with Gasteiger partial charge in [-0.1, -0.05) is 31.5 Å². The molecule has 1 amide bonds. The molecule has 0 bridgehead atoms. The molecule has 2 N–H and O–H groups in total. The molecule has 0 saturated heterocycles. The van der Waals surface area contributed by atoms with Gasteiger partial charge in [0, 0.05) is 18.0 Å². The summed E-state index contributed by atoms with van der Waals surface area (Å²) in [6.45, 7) is 4.26. The summed E-state index contributed by atoms with van der Waals surface area (Å²) in [5.74, 6) is 0.125. The topological polar surface area (TPSA) is 83.9 Å². The van der Waals surface area contributed by atoms with Crippen LogP contribution in [0, 0.1) is 11.7 Å². The summed E-state index contributed by atoms with van der Waals surface area (Å²) in [6, 6.07) is 12.3. The van der Waals surface area contributed by atoms with E-state index in [1.807, 2.05) is 13.8 Å². The Morgan fingerprint density at radius 2 is 2.15 bits per heavy atom. The monoisotopic (exact) mass is 485 g/mol. The lowest BCUT2D eigenvalue weighted by atomic mass is 10.1. The molecule has 0 fully saturated rings. The molecule has 178 valence electrons. The fourth-order valence-electron chi connectivity index (χ4n) is 3.62. The number of pyridine rings is 1. The number of fused-ring (bicyclic) bond motifs is 1. The van der Waals surface area contributed by atoms with E-state index in [0.29, 0.717) is 28.9 Å². The molecule has 4 rings (SSSR count).